The number of hydrogen-bond acceptors (Lipinski definition) is 2. The summed E-state index contributed by atoms with van der Waals surface area (Å²) in [6.07, 6.45) is 1.49. The molecule has 0 aromatic heterocycles. The number of carbonyl (C=O) groups is 2. The number of carboxylic acid groups (broad SMARTS) is 1. The van der Waals surface area contributed by atoms with E-state index in [0.717, 1.165) is 12.0 Å². The van der Waals surface area contributed by atoms with Gasteiger partial charge in [0.15, 0.2) is 0 Å². The van der Waals surface area contributed by atoms with Gasteiger partial charge in [0.1, 0.15) is 0 Å². The number of amides is 2. The third kappa shape index (κ3) is 5.42. The zero-order valence-electron chi connectivity index (χ0n) is 11.3. The highest BCUT2D eigenvalue weighted by Crippen LogP contribution is 2.05. The highest BCUT2D eigenvalue weighted by molar-refractivity contribution is 5.87. The van der Waals surface area contributed by atoms with Crippen LogP contribution in [0.25, 0.3) is 0 Å². The van der Waals surface area contributed by atoms with E-state index in [4.69, 9.17) is 5.11 Å². The number of carbonyl (C=O) groups excluding carboxylic acids is 1. The molecule has 2 amide bonds. The van der Waals surface area contributed by atoms with E-state index in [-0.39, 0.29) is 17.6 Å². The molecule has 3 N–H and O–H groups in total. The van der Waals surface area contributed by atoms with Crippen LogP contribution >= 0.6 is 0 Å². The molecule has 0 saturated heterocycles. The van der Waals surface area contributed by atoms with E-state index in [9.17, 15) is 9.59 Å². The first kappa shape index (κ1) is 15.0. The average molecular weight is 264 g/mol. The zero-order valence-corrected chi connectivity index (χ0v) is 11.3. The normalized spacial score (nSPS) is 11.7. The Morgan fingerprint density at radius 2 is 2.11 bits per heavy atom. The van der Waals surface area contributed by atoms with E-state index in [1.54, 1.807) is 18.2 Å². The minimum atomic E-state index is -0.940. The van der Waals surface area contributed by atoms with Crippen molar-refractivity contribution in [2.75, 3.05) is 6.54 Å². The van der Waals surface area contributed by atoms with Crippen LogP contribution in [0.1, 0.15) is 36.2 Å². The van der Waals surface area contributed by atoms with Gasteiger partial charge >= 0.3 is 12.0 Å². The van der Waals surface area contributed by atoms with E-state index >= 15 is 0 Å². The fraction of sp³-hybridized carbons (Fsp3) is 0.429. The molecule has 1 unspecified atom stereocenters. The van der Waals surface area contributed by atoms with Crippen LogP contribution in [0.2, 0.25) is 0 Å². The smallest absolute Gasteiger partial charge is 0.335 e. The van der Waals surface area contributed by atoms with Crippen LogP contribution in [0.3, 0.4) is 0 Å². The Morgan fingerprint density at radius 3 is 2.74 bits per heavy atom. The van der Waals surface area contributed by atoms with Crippen molar-refractivity contribution in [1.82, 2.24) is 10.6 Å². The Hall–Kier alpha value is -2.04. The van der Waals surface area contributed by atoms with Crippen molar-refractivity contribution in [2.24, 2.45) is 0 Å². The third-order valence-electron chi connectivity index (χ3n) is 2.86. The first-order chi connectivity index (χ1) is 9.02. The number of urea groups is 1. The maximum atomic E-state index is 11.5. The number of benzene rings is 1. The van der Waals surface area contributed by atoms with Crippen LogP contribution < -0.4 is 10.6 Å². The molecule has 1 aromatic rings. The van der Waals surface area contributed by atoms with Crippen molar-refractivity contribution in [3.8, 4) is 0 Å². The molecular weight excluding hydrogens is 244 g/mol. The zero-order chi connectivity index (χ0) is 14.3. The Labute approximate surface area is 113 Å². The van der Waals surface area contributed by atoms with Crippen molar-refractivity contribution in [3.63, 3.8) is 0 Å². The maximum absolute atomic E-state index is 11.5. The first-order valence-electron chi connectivity index (χ1n) is 6.39. The molecule has 0 heterocycles. The van der Waals surface area contributed by atoms with E-state index in [0.29, 0.717) is 13.0 Å². The SMILES string of the molecule is CCC(C)NC(=O)NCCc1cccc(C(=O)O)c1. The second-order valence-electron chi connectivity index (χ2n) is 4.47. The topological polar surface area (TPSA) is 78.4 Å². The van der Waals surface area contributed by atoms with Gasteiger partial charge in [-0.15, -0.1) is 0 Å². The average Bonchev–Trinajstić information content (AvgIpc) is 2.38. The highest BCUT2D eigenvalue weighted by Gasteiger charge is 2.05. The van der Waals surface area contributed by atoms with Crippen molar-refractivity contribution in [3.05, 3.63) is 35.4 Å². The van der Waals surface area contributed by atoms with Crippen molar-refractivity contribution < 1.29 is 14.7 Å². The molecule has 104 valence electrons. The second kappa shape index (κ2) is 7.41. The number of carboxylic acids is 1. The second-order valence-corrected chi connectivity index (χ2v) is 4.47. The van der Waals surface area contributed by atoms with Crippen molar-refractivity contribution in [1.29, 1.82) is 0 Å². The molecule has 5 heteroatoms. The number of nitrogens with one attached hydrogen (secondary N) is 2. The molecule has 1 atom stereocenters. The van der Waals surface area contributed by atoms with E-state index < -0.39 is 5.97 Å². The molecule has 0 saturated carbocycles. The fourth-order valence-corrected chi connectivity index (χ4v) is 1.56. The molecule has 0 aliphatic rings. The van der Waals surface area contributed by atoms with Crippen LogP contribution in [0.5, 0.6) is 0 Å². The molecule has 1 aromatic carbocycles. The van der Waals surface area contributed by atoms with Gasteiger partial charge in [0.25, 0.3) is 0 Å². The number of rotatable bonds is 6. The Balaban J connectivity index is 2.39. The van der Waals surface area contributed by atoms with Crippen LogP contribution in [-0.2, 0) is 6.42 Å². The Bertz CT molecular complexity index is 446. The molecule has 0 bridgehead atoms. The van der Waals surface area contributed by atoms with Crippen molar-refractivity contribution in [2.45, 2.75) is 32.7 Å². The molecule has 0 fully saturated rings. The summed E-state index contributed by atoms with van der Waals surface area (Å²) >= 11 is 0. The quantitative estimate of drug-likeness (QED) is 0.735. The third-order valence-corrected chi connectivity index (χ3v) is 2.86. The predicted octanol–water partition coefficient (Wildman–Crippen LogP) is 2.02. The minimum absolute atomic E-state index is 0.148. The van der Waals surface area contributed by atoms with Crippen molar-refractivity contribution >= 4 is 12.0 Å². The number of aromatic carboxylic acids is 1. The van der Waals surface area contributed by atoms with Gasteiger partial charge in [0.2, 0.25) is 0 Å². The summed E-state index contributed by atoms with van der Waals surface area (Å²) < 4.78 is 0. The minimum Gasteiger partial charge on any atom is -0.478 e. The van der Waals surface area contributed by atoms with E-state index in [2.05, 4.69) is 10.6 Å². The lowest BCUT2D eigenvalue weighted by Crippen LogP contribution is -2.41. The van der Waals surface area contributed by atoms with E-state index in [1.807, 2.05) is 19.9 Å². The molecule has 0 aliphatic carbocycles. The standard InChI is InChI=1S/C14H20N2O3/c1-3-10(2)16-14(19)15-8-7-11-5-4-6-12(9-11)13(17)18/h4-6,9-10H,3,7-8H2,1-2H3,(H,17,18)(H2,15,16,19). The first-order valence-corrected chi connectivity index (χ1v) is 6.39. The maximum Gasteiger partial charge on any atom is 0.335 e. The summed E-state index contributed by atoms with van der Waals surface area (Å²) in [7, 11) is 0. The predicted molar refractivity (Wildman–Crippen MR) is 73.4 cm³/mol. The van der Waals surface area contributed by atoms with E-state index in [1.165, 1.54) is 0 Å². The lowest BCUT2D eigenvalue weighted by molar-refractivity contribution is 0.0696. The Morgan fingerprint density at radius 1 is 1.37 bits per heavy atom. The van der Waals surface area contributed by atoms with Gasteiger partial charge in [0, 0.05) is 12.6 Å². The highest BCUT2D eigenvalue weighted by atomic mass is 16.4. The summed E-state index contributed by atoms with van der Waals surface area (Å²) in [5.41, 5.74) is 1.16. The van der Waals surface area contributed by atoms with Gasteiger partial charge < -0.3 is 15.7 Å². The summed E-state index contributed by atoms with van der Waals surface area (Å²) in [6.45, 7) is 4.42. The molecule has 5 nitrogen and oxygen atoms in total. The monoisotopic (exact) mass is 264 g/mol. The van der Waals surface area contributed by atoms with Gasteiger partial charge in [-0.2, -0.15) is 0 Å². The van der Waals surface area contributed by atoms with Crippen LogP contribution in [-0.4, -0.2) is 29.7 Å². The fourth-order valence-electron chi connectivity index (χ4n) is 1.56. The van der Waals surface area contributed by atoms with Gasteiger partial charge in [-0.3, -0.25) is 0 Å². The van der Waals surface area contributed by atoms with Gasteiger partial charge in [-0.05, 0) is 37.5 Å². The summed E-state index contributed by atoms with van der Waals surface area (Å²) in [5, 5.41) is 14.4. The molecule has 1 rings (SSSR count). The lowest BCUT2D eigenvalue weighted by atomic mass is 10.1. The summed E-state index contributed by atoms with van der Waals surface area (Å²) in [6, 6.07) is 6.68. The largest absolute Gasteiger partial charge is 0.478 e. The number of hydrogen-bond donors (Lipinski definition) is 3. The molecule has 0 aliphatic heterocycles. The molecular formula is C14H20N2O3. The molecule has 0 spiro atoms. The van der Waals surface area contributed by atoms with Crippen LogP contribution in [0, 0.1) is 0 Å². The summed E-state index contributed by atoms with van der Waals surface area (Å²) in [4.78, 5) is 22.3. The Kier molecular flexibility index (Phi) is 5.85. The molecule has 19 heavy (non-hydrogen) atoms. The molecule has 0 radical (unpaired) electrons. The van der Waals surface area contributed by atoms with Gasteiger partial charge in [-0.1, -0.05) is 19.1 Å². The van der Waals surface area contributed by atoms with Crippen LogP contribution in [0.4, 0.5) is 4.79 Å². The van der Waals surface area contributed by atoms with Gasteiger partial charge in [-0.25, -0.2) is 9.59 Å². The van der Waals surface area contributed by atoms with Gasteiger partial charge in [0.05, 0.1) is 5.56 Å². The van der Waals surface area contributed by atoms with Crippen LogP contribution in [0.15, 0.2) is 24.3 Å². The lowest BCUT2D eigenvalue weighted by Gasteiger charge is -2.12. The summed E-state index contributed by atoms with van der Waals surface area (Å²) in [5.74, 6) is -0.940.